The van der Waals surface area contributed by atoms with Crippen molar-refractivity contribution >= 4 is 0 Å². The van der Waals surface area contributed by atoms with Gasteiger partial charge in [-0.05, 0) is 11.8 Å². The van der Waals surface area contributed by atoms with E-state index in [0.717, 1.165) is 24.7 Å². The molecule has 0 bridgehead atoms. The summed E-state index contributed by atoms with van der Waals surface area (Å²) in [6.45, 7) is 0. The van der Waals surface area contributed by atoms with Crippen LogP contribution in [0.4, 0.5) is 0 Å². The van der Waals surface area contributed by atoms with Crippen LogP contribution in [0, 0.1) is 24.0 Å². The van der Waals surface area contributed by atoms with Gasteiger partial charge in [0.15, 0.2) is 0 Å². The first-order valence-corrected chi connectivity index (χ1v) is 10.4. The normalized spacial score (nSPS) is 23.5. The van der Waals surface area contributed by atoms with Crippen LogP contribution in [0.25, 0.3) is 0 Å². The number of allylic oxidation sites excluding steroid dienone is 8. The summed E-state index contributed by atoms with van der Waals surface area (Å²) in [5.74, 6) is 1.95. The van der Waals surface area contributed by atoms with E-state index in [2.05, 4.69) is 36.5 Å². The molecule has 0 spiro atoms. The zero-order valence-corrected chi connectivity index (χ0v) is 19.5. The molecule has 0 aromatic rings. The van der Waals surface area contributed by atoms with Crippen molar-refractivity contribution in [3.63, 3.8) is 0 Å². The fraction of sp³-hybridized carbons (Fsp3) is 0.667. The fourth-order valence-electron chi connectivity index (χ4n) is 4.59. The topological polar surface area (TPSA) is 0 Å². The van der Waals surface area contributed by atoms with E-state index in [1.807, 2.05) is 0 Å². The monoisotopic (exact) mass is 504 g/mol. The summed E-state index contributed by atoms with van der Waals surface area (Å²) in [4.78, 5) is 0. The molecule has 1 heteroatoms. The molecule has 4 aliphatic carbocycles. The SMILES string of the molecule is [C-]1=C(CC2CCCCC2)C=CC1.[C-]1=C(CC2CCCCC2)C=CC1.[H-].[H-].[Hf]. The largest absolute Gasteiger partial charge is 1.00 e. The van der Waals surface area contributed by atoms with Crippen LogP contribution in [0.1, 0.15) is 92.7 Å². The molecule has 0 atom stereocenters. The molecule has 0 nitrogen and oxygen atoms in total. The Hall–Kier alpha value is -0.170. The predicted octanol–water partition coefficient (Wildman–Crippen LogP) is 7.52. The minimum atomic E-state index is 0. The van der Waals surface area contributed by atoms with Crippen LogP contribution in [0.3, 0.4) is 0 Å². The first-order valence-electron chi connectivity index (χ1n) is 10.4. The predicted molar refractivity (Wildman–Crippen MR) is 106 cm³/mol. The maximum absolute atomic E-state index is 3.41. The number of rotatable bonds is 4. The maximum atomic E-state index is 3.41. The van der Waals surface area contributed by atoms with Crippen LogP contribution < -0.4 is 0 Å². The van der Waals surface area contributed by atoms with Crippen molar-refractivity contribution in [2.45, 2.75) is 89.9 Å². The molecule has 2 fully saturated rings. The van der Waals surface area contributed by atoms with Gasteiger partial charge < -0.3 is 2.85 Å². The summed E-state index contributed by atoms with van der Waals surface area (Å²) >= 11 is 0. The van der Waals surface area contributed by atoms with Crippen molar-refractivity contribution in [1.82, 2.24) is 0 Å². The number of hydrogen-bond donors (Lipinski definition) is 0. The summed E-state index contributed by atoms with van der Waals surface area (Å²) in [6.07, 6.45) is 35.1. The van der Waals surface area contributed by atoms with Gasteiger partial charge in [0.1, 0.15) is 0 Å². The standard InChI is InChI=1S/2C12H17.Hf.2H/c2*1-2-6-11(7-3-1)10-12-8-4-5-9-12;;;/h2*4,8,11H,1-3,5-7,10H2;;;/q2*-1;;2*-1. The van der Waals surface area contributed by atoms with Crippen molar-refractivity contribution < 1.29 is 28.7 Å². The number of hydrogen-bond acceptors (Lipinski definition) is 0. The molecular formula is C24H36Hf-4. The second kappa shape index (κ2) is 12.3. The smallest absolute Gasteiger partial charge is 0 e. The van der Waals surface area contributed by atoms with Gasteiger partial charge in [-0.2, -0.15) is 12.2 Å². The van der Waals surface area contributed by atoms with E-state index < -0.39 is 0 Å². The van der Waals surface area contributed by atoms with Gasteiger partial charge in [-0.1, -0.05) is 77.0 Å². The van der Waals surface area contributed by atoms with Crippen LogP contribution in [0.15, 0.2) is 35.5 Å². The molecule has 0 aliphatic heterocycles. The third kappa shape index (κ3) is 7.94. The van der Waals surface area contributed by atoms with E-state index in [0.29, 0.717) is 0 Å². The molecule has 25 heavy (non-hydrogen) atoms. The van der Waals surface area contributed by atoms with Gasteiger partial charge in [0.25, 0.3) is 0 Å². The molecular weight excluding hydrogens is 467 g/mol. The van der Waals surface area contributed by atoms with Gasteiger partial charge in [-0.25, -0.2) is 23.3 Å². The van der Waals surface area contributed by atoms with Crippen molar-refractivity contribution in [1.29, 1.82) is 0 Å². The first kappa shape index (κ1) is 21.1. The Morgan fingerprint density at radius 3 is 1.40 bits per heavy atom. The third-order valence-corrected chi connectivity index (χ3v) is 6.00. The average molecular weight is 503 g/mol. The van der Waals surface area contributed by atoms with Crippen molar-refractivity contribution in [3.05, 3.63) is 47.6 Å². The van der Waals surface area contributed by atoms with Crippen LogP contribution >= 0.6 is 0 Å². The summed E-state index contributed by atoms with van der Waals surface area (Å²) in [5.41, 5.74) is 2.95. The van der Waals surface area contributed by atoms with Crippen LogP contribution in [-0.2, 0) is 25.8 Å². The van der Waals surface area contributed by atoms with E-state index in [1.165, 1.54) is 88.2 Å². The molecule has 0 heterocycles. The molecule has 2 saturated carbocycles. The van der Waals surface area contributed by atoms with Crippen molar-refractivity contribution in [2.75, 3.05) is 0 Å². The summed E-state index contributed by atoms with van der Waals surface area (Å²) in [6, 6.07) is 0. The van der Waals surface area contributed by atoms with E-state index in [-0.39, 0.29) is 28.7 Å². The van der Waals surface area contributed by atoms with E-state index in [4.69, 9.17) is 0 Å². The second-order valence-corrected chi connectivity index (χ2v) is 8.03. The molecule has 0 unspecified atom stereocenters. The van der Waals surface area contributed by atoms with Gasteiger partial charge in [-0.3, -0.25) is 12.2 Å². The zero-order chi connectivity index (χ0) is 16.5. The van der Waals surface area contributed by atoms with Gasteiger partial charge in [0, 0.05) is 25.8 Å². The Labute approximate surface area is 177 Å². The van der Waals surface area contributed by atoms with Crippen molar-refractivity contribution in [3.8, 4) is 0 Å². The molecule has 0 aromatic carbocycles. The Balaban J connectivity index is 0.000000451. The van der Waals surface area contributed by atoms with Crippen LogP contribution in [0.5, 0.6) is 0 Å². The van der Waals surface area contributed by atoms with E-state index in [9.17, 15) is 0 Å². The molecule has 140 valence electrons. The van der Waals surface area contributed by atoms with Gasteiger partial charge >= 0.3 is 0 Å². The molecule has 4 aliphatic rings. The Morgan fingerprint density at radius 2 is 1.08 bits per heavy atom. The summed E-state index contributed by atoms with van der Waals surface area (Å²) in [7, 11) is 0. The molecule has 0 aromatic heterocycles. The third-order valence-electron chi connectivity index (χ3n) is 6.00. The Bertz CT molecular complexity index is 447. The van der Waals surface area contributed by atoms with Crippen LogP contribution in [0.2, 0.25) is 0 Å². The maximum Gasteiger partial charge on any atom is 0 e. The van der Waals surface area contributed by atoms with Crippen molar-refractivity contribution in [2.24, 2.45) is 11.8 Å². The van der Waals surface area contributed by atoms with Gasteiger partial charge in [0.05, 0.1) is 0 Å². The Kier molecular flexibility index (Phi) is 10.4. The first-order chi connectivity index (χ1) is 11.9. The van der Waals surface area contributed by atoms with E-state index >= 15 is 0 Å². The fourth-order valence-corrected chi connectivity index (χ4v) is 4.59. The quantitative estimate of drug-likeness (QED) is 0.275. The molecule has 0 radical (unpaired) electrons. The van der Waals surface area contributed by atoms with Crippen LogP contribution in [-0.4, -0.2) is 0 Å². The molecule has 0 saturated heterocycles. The van der Waals surface area contributed by atoms with Gasteiger partial charge in [-0.15, -0.1) is 12.8 Å². The Morgan fingerprint density at radius 1 is 0.680 bits per heavy atom. The average Bonchev–Trinajstić information content (AvgIpc) is 3.32. The molecule has 0 amide bonds. The summed E-state index contributed by atoms with van der Waals surface area (Å²) in [5, 5.41) is 0. The minimum Gasteiger partial charge on any atom is -1.00 e. The molecule has 4 rings (SSSR count). The summed E-state index contributed by atoms with van der Waals surface area (Å²) < 4.78 is 0. The van der Waals surface area contributed by atoms with E-state index in [1.54, 1.807) is 0 Å². The van der Waals surface area contributed by atoms with Gasteiger partial charge in [0.2, 0.25) is 0 Å². The second-order valence-electron chi connectivity index (χ2n) is 8.03. The minimum absolute atomic E-state index is 0. The zero-order valence-electron chi connectivity index (χ0n) is 17.9. The molecule has 0 N–H and O–H groups in total.